The van der Waals surface area contributed by atoms with Gasteiger partial charge in [-0.25, -0.2) is 0 Å². The van der Waals surface area contributed by atoms with Crippen LogP contribution in [-0.2, 0) is 4.79 Å². The van der Waals surface area contributed by atoms with Gasteiger partial charge in [-0.2, -0.15) is 0 Å². The predicted octanol–water partition coefficient (Wildman–Crippen LogP) is 2.95. The minimum atomic E-state index is 0.0964. The fraction of sp³-hybridized carbons (Fsp3) is 0.636. The number of rotatable bonds is 5. The molecule has 5 heteroatoms. The molecular weight excluding hydrogens is 338 g/mol. The average Bonchev–Trinajstić information content (AvgIpc) is 2.66. The Morgan fingerprint density at radius 1 is 1.04 bits per heavy atom. The molecule has 1 aromatic carbocycles. The zero-order chi connectivity index (χ0) is 19.4. The number of benzene rings is 1. The van der Waals surface area contributed by atoms with E-state index in [-0.39, 0.29) is 11.7 Å². The molecule has 0 bridgehead atoms. The van der Waals surface area contributed by atoms with Crippen LogP contribution in [0.4, 0.5) is 5.69 Å². The van der Waals surface area contributed by atoms with Gasteiger partial charge >= 0.3 is 0 Å². The third-order valence-corrected chi connectivity index (χ3v) is 6.43. The molecule has 148 valence electrons. The highest BCUT2D eigenvalue weighted by Gasteiger charge is 2.28. The fourth-order valence-electron chi connectivity index (χ4n) is 4.31. The molecule has 0 radical (unpaired) electrons. The highest BCUT2D eigenvalue weighted by Crippen LogP contribution is 2.29. The van der Waals surface area contributed by atoms with Crippen LogP contribution in [-0.4, -0.2) is 55.4 Å². The van der Waals surface area contributed by atoms with Crippen LogP contribution in [0.25, 0.3) is 0 Å². The minimum Gasteiger partial charge on any atom is -0.369 e. The van der Waals surface area contributed by atoms with Crippen LogP contribution in [0.3, 0.4) is 0 Å². The van der Waals surface area contributed by atoms with Gasteiger partial charge in [-0.3, -0.25) is 14.5 Å². The minimum absolute atomic E-state index is 0.0964. The topological polar surface area (TPSA) is 52.7 Å². The molecule has 1 heterocycles. The zero-order valence-corrected chi connectivity index (χ0v) is 16.9. The van der Waals surface area contributed by atoms with E-state index in [2.05, 4.69) is 29.0 Å². The summed E-state index contributed by atoms with van der Waals surface area (Å²) < 4.78 is 0. The molecule has 1 aliphatic carbocycles. The number of Topliss-reactive ketones (excluding diaryl/α,β-unsaturated/α-hetero) is 1. The first kappa shape index (κ1) is 19.9. The fourth-order valence-corrected chi connectivity index (χ4v) is 4.31. The third kappa shape index (κ3) is 5.10. The normalized spacial score (nSPS) is 26.6. The van der Waals surface area contributed by atoms with Crippen molar-refractivity contribution in [2.45, 2.75) is 46.1 Å². The average molecular weight is 372 g/mol. The number of piperazine rings is 1. The van der Waals surface area contributed by atoms with Crippen molar-refractivity contribution in [2.75, 3.05) is 37.6 Å². The summed E-state index contributed by atoms with van der Waals surface area (Å²) in [6.07, 6.45) is 3.61. The summed E-state index contributed by atoms with van der Waals surface area (Å²) in [7, 11) is 0. The summed E-state index contributed by atoms with van der Waals surface area (Å²) in [5, 5.41) is 3.28. The maximum Gasteiger partial charge on any atom is 0.234 e. The summed E-state index contributed by atoms with van der Waals surface area (Å²) in [6.45, 7) is 10.2. The summed E-state index contributed by atoms with van der Waals surface area (Å²) >= 11 is 0. The van der Waals surface area contributed by atoms with E-state index in [4.69, 9.17) is 0 Å². The van der Waals surface area contributed by atoms with Crippen molar-refractivity contribution in [2.24, 2.45) is 11.8 Å². The molecule has 3 rings (SSSR count). The van der Waals surface area contributed by atoms with E-state index in [1.807, 2.05) is 24.3 Å². The number of hydrogen-bond acceptors (Lipinski definition) is 4. The highest BCUT2D eigenvalue weighted by molar-refractivity contribution is 5.94. The summed E-state index contributed by atoms with van der Waals surface area (Å²) in [5.41, 5.74) is 1.90. The van der Waals surface area contributed by atoms with Crippen molar-refractivity contribution >= 4 is 17.4 Å². The molecule has 0 aromatic heterocycles. The second-order valence-corrected chi connectivity index (χ2v) is 8.31. The van der Waals surface area contributed by atoms with Gasteiger partial charge in [0.1, 0.15) is 0 Å². The van der Waals surface area contributed by atoms with Gasteiger partial charge in [0.25, 0.3) is 0 Å². The number of carbonyl (C=O) groups excluding carboxylic acids is 2. The molecule has 2 aliphatic rings. The molecule has 1 amide bonds. The number of anilines is 1. The zero-order valence-electron chi connectivity index (χ0n) is 16.9. The molecule has 3 atom stereocenters. The van der Waals surface area contributed by atoms with Crippen LogP contribution < -0.4 is 10.2 Å². The van der Waals surface area contributed by atoms with Crippen molar-refractivity contribution in [3.05, 3.63) is 29.8 Å². The van der Waals surface area contributed by atoms with Crippen LogP contribution in [0.15, 0.2) is 24.3 Å². The molecule has 1 aliphatic heterocycles. The Morgan fingerprint density at radius 2 is 1.70 bits per heavy atom. The smallest absolute Gasteiger partial charge is 0.234 e. The molecule has 1 N–H and O–H groups in total. The SMILES string of the molecule is CC(=O)c1ccc(N2CCN(CC(=O)N[C@H]3CCC[C@H](C)[C@H]3C)CC2)cc1. The molecule has 1 saturated heterocycles. The van der Waals surface area contributed by atoms with Crippen molar-refractivity contribution in [1.82, 2.24) is 10.2 Å². The Kier molecular flexibility index (Phi) is 6.53. The lowest BCUT2D eigenvalue weighted by Gasteiger charge is -2.37. The molecule has 0 unspecified atom stereocenters. The lowest BCUT2D eigenvalue weighted by Crippen LogP contribution is -2.52. The lowest BCUT2D eigenvalue weighted by atomic mass is 9.78. The lowest BCUT2D eigenvalue weighted by molar-refractivity contribution is -0.123. The van der Waals surface area contributed by atoms with E-state index in [9.17, 15) is 9.59 Å². The number of amides is 1. The molecular formula is C22H33N3O2. The molecule has 5 nitrogen and oxygen atoms in total. The van der Waals surface area contributed by atoms with Crippen LogP contribution >= 0.6 is 0 Å². The van der Waals surface area contributed by atoms with Gasteiger partial charge in [0.15, 0.2) is 5.78 Å². The predicted molar refractivity (Wildman–Crippen MR) is 109 cm³/mol. The molecule has 1 saturated carbocycles. The molecule has 0 spiro atoms. The first-order valence-electron chi connectivity index (χ1n) is 10.3. The van der Waals surface area contributed by atoms with Gasteiger partial charge in [-0.05, 0) is 49.4 Å². The monoisotopic (exact) mass is 371 g/mol. The number of ketones is 1. The Morgan fingerprint density at radius 3 is 2.33 bits per heavy atom. The molecule has 1 aromatic rings. The van der Waals surface area contributed by atoms with E-state index >= 15 is 0 Å². The Bertz CT molecular complexity index is 650. The van der Waals surface area contributed by atoms with Crippen molar-refractivity contribution in [3.63, 3.8) is 0 Å². The van der Waals surface area contributed by atoms with Gasteiger partial charge in [0, 0.05) is 43.5 Å². The van der Waals surface area contributed by atoms with E-state index in [1.54, 1.807) is 6.92 Å². The van der Waals surface area contributed by atoms with Gasteiger partial charge in [0.05, 0.1) is 6.54 Å². The van der Waals surface area contributed by atoms with Crippen molar-refractivity contribution < 1.29 is 9.59 Å². The second-order valence-electron chi connectivity index (χ2n) is 8.31. The van der Waals surface area contributed by atoms with Gasteiger partial charge in [-0.1, -0.05) is 26.7 Å². The molecule has 2 fully saturated rings. The van der Waals surface area contributed by atoms with Gasteiger partial charge < -0.3 is 10.2 Å². The maximum absolute atomic E-state index is 12.5. The Labute approximate surface area is 163 Å². The number of nitrogens with one attached hydrogen (secondary N) is 1. The van der Waals surface area contributed by atoms with Crippen molar-refractivity contribution in [1.29, 1.82) is 0 Å². The van der Waals surface area contributed by atoms with E-state index in [0.717, 1.165) is 43.9 Å². The van der Waals surface area contributed by atoms with Crippen molar-refractivity contribution in [3.8, 4) is 0 Å². The van der Waals surface area contributed by atoms with Crippen LogP contribution in [0.5, 0.6) is 0 Å². The maximum atomic E-state index is 12.5. The Hall–Kier alpha value is -1.88. The number of carbonyl (C=O) groups is 2. The van der Waals surface area contributed by atoms with E-state index in [1.165, 1.54) is 12.8 Å². The molecule has 27 heavy (non-hydrogen) atoms. The van der Waals surface area contributed by atoms with Crippen LogP contribution in [0, 0.1) is 11.8 Å². The van der Waals surface area contributed by atoms with E-state index < -0.39 is 0 Å². The Balaban J connectivity index is 1.45. The third-order valence-electron chi connectivity index (χ3n) is 6.43. The van der Waals surface area contributed by atoms with Crippen LogP contribution in [0.2, 0.25) is 0 Å². The van der Waals surface area contributed by atoms with Gasteiger partial charge in [0.2, 0.25) is 5.91 Å². The first-order valence-corrected chi connectivity index (χ1v) is 10.3. The first-order chi connectivity index (χ1) is 12.9. The van der Waals surface area contributed by atoms with E-state index in [0.29, 0.717) is 24.4 Å². The summed E-state index contributed by atoms with van der Waals surface area (Å²) in [6, 6.07) is 8.16. The number of nitrogens with zero attached hydrogens (tertiary/aromatic N) is 2. The quantitative estimate of drug-likeness (QED) is 0.809. The summed E-state index contributed by atoms with van der Waals surface area (Å²) in [5.74, 6) is 1.53. The van der Waals surface area contributed by atoms with Gasteiger partial charge in [-0.15, -0.1) is 0 Å². The summed E-state index contributed by atoms with van der Waals surface area (Å²) in [4.78, 5) is 28.5. The standard InChI is InChI=1S/C22H33N3O2/c1-16-5-4-6-21(17(16)2)23-22(27)15-24-11-13-25(14-12-24)20-9-7-19(8-10-20)18(3)26/h7-10,16-17,21H,4-6,11-15H2,1-3H3,(H,23,27)/t16-,17+,21-/m0/s1. The second kappa shape index (κ2) is 8.87. The number of hydrogen-bond donors (Lipinski definition) is 1. The highest BCUT2D eigenvalue weighted by atomic mass is 16.2. The largest absolute Gasteiger partial charge is 0.369 e. The van der Waals surface area contributed by atoms with Crippen LogP contribution in [0.1, 0.15) is 50.4 Å².